The molecule has 1 amide bonds. The van der Waals surface area contributed by atoms with Crippen LogP contribution < -0.4 is 4.74 Å². The highest BCUT2D eigenvalue weighted by atomic mass is 16.5. The minimum atomic E-state index is 0.00711. The van der Waals surface area contributed by atoms with Gasteiger partial charge < -0.3 is 9.64 Å². The maximum absolute atomic E-state index is 12.3. The number of nitrogens with zero attached hydrogens (tertiary/aromatic N) is 3. The van der Waals surface area contributed by atoms with Crippen molar-refractivity contribution < 1.29 is 9.53 Å². The molecule has 1 saturated heterocycles. The minimum absolute atomic E-state index is 0.00711. The van der Waals surface area contributed by atoms with E-state index in [2.05, 4.69) is 22.3 Å². The van der Waals surface area contributed by atoms with Crippen molar-refractivity contribution in [2.24, 2.45) is 0 Å². The summed E-state index contributed by atoms with van der Waals surface area (Å²) in [5, 5.41) is 7.99. The van der Waals surface area contributed by atoms with Crippen LogP contribution in [0, 0.1) is 6.92 Å². The monoisotopic (exact) mass is 311 g/mol. The molecule has 1 fully saturated rings. The van der Waals surface area contributed by atoms with Crippen molar-refractivity contribution >= 4 is 5.91 Å². The average Bonchev–Trinajstić information content (AvgIpc) is 3.04. The fourth-order valence-corrected chi connectivity index (χ4v) is 2.73. The number of aryl methyl sites for hydroxylation is 2. The Balaban J connectivity index is 1.47. The molecule has 0 N–H and O–H groups in total. The van der Waals surface area contributed by atoms with Crippen molar-refractivity contribution in [1.82, 2.24) is 15.1 Å². The van der Waals surface area contributed by atoms with E-state index >= 15 is 0 Å². The molecule has 1 aliphatic heterocycles. The van der Waals surface area contributed by atoms with Gasteiger partial charge in [-0.2, -0.15) is 5.10 Å². The van der Waals surface area contributed by atoms with Gasteiger partial charge in [-0.3, -0.25) is 4.79 Å². The molecule has 1 atom stereocenters. The lowest BCUT2D eigenvalue weighted by atomic mass is 10.1. The van der Waals surface area contributed by atoms with Gasteiger partial charge in [-0.1, -0.05) is 30.3 Å². The number of likely N-dealkylation sites (tertiary alicyclic amines) is 1. The smallest absolute Gasteiger partial charge is 0.233 e. The van der Waals surface area contributed by atoms with Crippen LogP contribution in [-0.2, 0) is 11.2 Å². The Hall–Kier alpha value is -2.43. The van der Waals surface area contributed by atoms with Crippen LogP contribution in [0.2, 0.25) is 0 Å². The first kappa shape index (κ1) is 15.5. The van der Waals surface area contributed by atoms with Crippen LogP contribution in [0.3, 0.4) is 0 Å². The summed E-state index contributed by atoms with van der Waals surface area (Å²) in [4.78, 5) is 14.2. The molecule has 0 aliphatic carbocycles. The fourth-order valence-electron chi connectivity index (χ4n) is 2.73. The predicted molar refractivity (Wildman–Crippen MR) is 87.1 cm³/mol. The molecule has 1 aromatic carbocycles. The zero-order valence-corrected chi connectivity index (χ0v) is 13.3. The average molecular weight is 311 g/mol. The first-order valence-electron chi connectivity index (χ1n) is 7.99. The molecular formula is C18H21N3O2. The number of carbonyl (C=O) groups is 1. The molecule has 0 bridgehead atoms. The third-order valence-corrected chi connectivity index (χ3v) is 4.03. The summed E-state index contributed by atoms with van der Waals surface area (Å²) in [7, 11) is 0. The van der Waals surface area contributed by atoms with Crippen molar-refractivity contribution in [3.63, 3.8) is 0 Å². The highest BCUT2D eigenvalue weighted by Crippen LogP contribution is 2.17. The Bertz CT molecular complexity index is 643. The highest BCUT2D eigenvalue weighted by Gasteiger charge is 2.27. The van der Waals surface area contributed by atoms with Gasteiger partial charge in [0.2, 0.25) is 11.8 Å². The van der Waals surface area contributed by atoms with Gasteiger partial charge in [-0.05, 0) is 25.0 Å². The van der Waals surface area contributed by atoms with Crippen molar-refractivity contribution in [2.75, 3.05) is 13.1 Å². The number of hydrogen-bond acceptors (Lipinski definition) is 4. The van der Waals surface area contributed by atoms with E-state index in [0.717, 1.165) is 25.1 Å². The molecule has 0 unspecified atom stereocenters. The topological polar surface area (TPSA) is 55.3 Å². The number of ether oxygens (including phenoxy) is 1. The molecule has 2 aromatic rings. The zero-order chi connectivity index (χ0) is 16.1. The SMILES string of the molecule is Cc1ccc(O[C@@H]2CCN(C(=O)CCc3ccccc3)C2)nn1. The van der Waals surface area contributed by atoms with Crippen LogP contribution in [0.4, 0.5) is 0 Å². The minimum Gasteiger partial charge on any atom is -0.471 e. The Labute approximate surface area is 136 Å². The summed E-state index contributed by atoms with van der Waals surface area (Å²) < 4.78 is 5.81. The summed E-state index contributed by atoms with van der Waals surface area (Å²) in [5.41, 5.74) is 2.06. The predicted octanol–water partition coefficient (Wildman–Crippen LogP) is 2.40. The number of amides is 1. The number of aromatic nitrogens is 2. The second kappa shape index (κ2) is 7.22. The van der Waals surface area contributed by atoms with Crippen molar-refractivity contribution in [3.8, 4) is 5.88 Å². The van der Waals surface area contributed by atoms with Gasteiger partial charge >= 0.3 is 0 Å². The maximum atomic E-state index is 12.3. The van der Waals surface area contributed by atoms with Gasteiger partial charge in [0, 0.05) is 25.5 Å². The Morgan fingerprint density at radius 3 is 2.78 bits per heavy atom. The van der Waals surface area contributed by atoms with Crippen LogP contribution >= 0.6 is 0 Å². The van der Waals surface area contributed by atoms with Crippen LogP contribution in [0.15, 0.2) is 42.5 Å². The van der Waals surface area contributed by atoms with E-state index in [4.69, 9.17) is 4.74 Å². The molecule has 3 rings (SSSR count). The molecule has 5 heteroatoms. The largest absolute Gasteiger partial charge is 0.471 e. The van der Waals surface area contributed by atoms with E-state index in [1.807, 2.05) is 42.2 Å². The van der Waals surface area contributed by atoms with E-state index in [-0.39, 0.29) is 12.0 Å². The second-order valence-corrected chi connectivity index (χ2v) is 5.87. The van der Waals surface area contributed by atoms with Crippen molar-refractivity contribution in [1.29, 1.82) is 0 Å². The Morgan fingerprint density at radius 2 is 2.04 bits per heavy atom. The lowest BCUT2D eigenvalue weighted by Gasteiger charge is -2.17. The van der Waals surface area contributed by atoms with Crippen molar-refractivity contribution in [2.45, 2.75) is 32.3 Å². The summed E-state index contributed by atoms with van der Waals surface area (Å²) in [6.45, 7) is 3.26. The standard InChI is InChI=1S/C18H21N3O2/c1-14-7-9-17(20-19-14)23-16-11-12-21(13-16)18(22)10-8-15-5-3-2-4-6-15/h2-7,9,16H,8,10-13H2,1H3/t16-/m1/s1. The Morgan fingerprint density at radius 1 is 1.22 bits per heavy atom. The molecule has 23 heavy (non-hydrogen) atoms. The molecule has 0 spiro atoms. The molecule has 5 nitrogen and oxygen atoms in total. The van der Waals surface area contributed by atoms with Crippen LogP contribution in [0.25, 0.3) is 0 Å². The lowest BCUT2D eigenvalue weighted by molar-refractivity contribution is -0.130. The fraction of sp³-hybridized carbons (Fsp3) is 0.389. The number of benzene rings is 1. The van der Waals surface area contributed by atoms with Crippen LogP contribution in [0.1, 0.15) is 24.1 Å². The molecule has 2 heterocycles. The number of carbonyl (C=O) groups excluding carboxylic acids is 1. The normalized spacial score (nSPS) is 17.3. The van der Waals surface area contributed by atoms with Gasteiger partial charge in [0.1, 0.15) is 6.10 Å². The van der Waals surface area contributed by atoms with E-state index in [1.165, 1.54) is 5.56 Å². The molecule has 0 saturated carbocycles. The molecular weight excluding hydrogens is 290 g/mol. The third kappa shape index (κ3) is 4.28. The second-order valence-electron chi connectivity index (χ2n) is 5.87. The van der Waals surface area contributed by atoms with E-state index < -0.39 is 0 Å². The van der Waals surface area contributed by atoms with Gasteiger partial charge in [0.05, 0.1) is 12.2 Å². The molecule has 1 aromatic heterocycles. The third-order valence-electron chi connectivity index (χ3n) is 4.03. The highest BCUT2D eigenvalue weighted by molar-refractivity contribution is 5.76. The molecule has 0 radical (unpaired) electrons. The first-order valence-corrected chi connectivity index (χ1v) is 7.99. The van der Waals surface area contributed by atoms with Crippen LogP contribution in [0.5, 0.6) is 5.88 Å². The summed E-state index contributed by atoms with van der Waals surface area (Å²) in [6.07, 6.45) is 2.17. The molecule has 1 aliphatic rings. The van der Waals surface area contributed by atoms with Gasteiger partial charge in [-0.15, -0.1) is 5.10 Å². The Kier molecular flexibility index (Phi) is 4.86. The van der Waals surface area contributed by atoms with Crippen molar-refractivity contribution in [3.05, 3.63) is 53.7 Å². The zero-order valence-electron chi connectivity index (χ0n) is 13.3. The number of rotatable bonds is 5. The summed E-state index contributed by atoms with van der Waals surface area (Å²) >= 11 is 0. The maximum Gasteiger partial charge on any atom is 0.233 e. The first-order chi connectivity index (χ1) is 11.2. The van der Waals surface area contributed by atoms with Gasteiger partial charge in [0.25, 0.3) is 0 Å². The van der Waals surface area contributed by atoms with Gasteiger partial charge in [-0.25, -0.2) is 0 Å². The quantitative estimate of drug-likeness (QED) is 0.851. The van der Waals surface area contributed by atoms with E-state index in [0.29, 0.717) is 18.8 Å². The lowest BCUT2D eigenvalue weighted by Crippen LogP contribution is -2.31. The number of hydrogen-bond donors (Lipinski definition) is 0. The van der Waals surface area contributed by atoms with E-state index in [9.17, 15) is 4.79 Å². The van der Waals surface area contributed by atoms with Gasteiger partial charge in [0.15, 0.2) is 0 Å². The molecule has 120 valence electrons. The summed E-state index contributed by atoms with van der Waals surface area (Å²) in [6, 6.07) is 13.8. The van der Waals surface area contributed by atoms with Crippen LogP contribution in [-0.4, -0.2) is 40.2 Å². The van der Waals surface area contributed by atoms with E-state index in [1.54, 1.807) is 0 Å². The summed E-state index contributed by atoms with van der Waals surface area (Å²) in [5.74, 6) is 0.717.